The first kappa shape index (κ1) is 23.1. The van der Waals surface area contributed by atoms with Crippen LogP contribution in [0.5, 0.6) is 0 Å². The van der Waals surface area contributed by atoms with Gasteiger partial charge in [-0.25, -0.2) is 14.4 Å². The largest absolute Gasteiger partial charge is 0.347 e. The summed E-state index contributed by atoms with van der Waals surface area (Å²) in [6, 6.07) is 13.4. The summed E-state index contributed by atoms with van der Waals surface area (Å²) in [5, 5.41) is 6.49. The van der Waals surface area contributed by atoms with Crippen LogP contribution in [0, 0.1) is 5.82 Å². The number of hydrogen-bond donors (Lipinski definition) is 2. The van der Waals surface area contributed by atoms with Crippen LogP contribution in [0.1, 0.15) is 26.5 Å². The number of hydrogen-bond acceptors (Lipinski definition) is 5. The van der Waals surface area contributed by atoms with Crippen molar-refractivity contribution in [2.75, 3.05) is 26.0 Å². The zero-order chi connectivity index (χ0) is 24.1. The molecule has 0 radical (unpaired) electrons. The molecular weight excluding hydrogens is 435 g/mol. The van der Waals surface area contributed by atoms with Crippen LogP contribution in [0.4, 0.5) is 10.1 Å². The molecule has 2 aromatic heterocycles. The van der Waals surface area contributed by atoms with Gasteiger partial charge in [0, 0.05) is 54.8 Å². The maximum Gasteiger partial charge on any atom is 0.276 e. The number of carbonyl (C=O) groups excluding carboxylic acids is 2. The third-order valence-corrected chi connectivity index (χ3v) is 5.31. The lowest BCUT2D eigenvalue weighted by atomic mass is 10.2. The Morgan fingerprint density at radius 2 is 1.68 bits per heavy atom. The van der Waals surface area contributed by atoms with Crippen LogP contribution >= 0.6 is 0 Å². The highest BCUT2D eigenvalue weighted by Gasteiger charge is 2.20. The average Bonchev–Trinajstić information content (AvgIpc) is 3.24. The Hall–Kier alpha value is -4.11. The minimum absolute atomic E-state index is 0.0808. The van der Waals surface area contributed by atoms with Crippen molar-refractivity contribution in [2.24, 2.45) is 0 Å². The van der Waals surface area contributed by atoms with Gasteiger partial charge in [-0.15, -0.1) is 0 Å². The van der Waals surface area contributed by atoms with Gasteiger partial charge in [-0.05, 0) is 56.1 Å². The fraction of sp³-hybridized carbons (Fsp3) is 0.200. The van der Waals surface area contributed by atoms with E-state index in [1.165, 1.54) is 24.5 Å². The highest BCUT2D eigenvalue weighted by molar-refractivity contribution is 6.10. The summed E-state index contributed by atoms with van der Waals surface area (Å²) in [7, 11) is 4.06. The van der Waals surface area contributed by atoms with Crippen molar-refractivity contribution in [3.8, 4) is 0 Å². The lowest BCUT2D eigenvalue weighted by Crippen LogP contribution is -2.28. The first-order valence-electron chi connectivity index (χ1n) is 10.8. The lowest BCUT2D eigenvalue weighted by molar-refractivity contribution is 0.0931. The Bertz CT molecular complexity index is 1320. The zero-order valence-electron chi connectivity index (χ0n) is 19.0. The summed E-state index contributed by atoms with van der Waals surface area (Å²) in [5.74, 6) is -1.44. The van der Waals surface area contributed by atoms with Crippen LogP contribution in [-0.4, -0.2) is 51.9 Å². The quantitative estimate of drug-likeness (QED) is 0.421. The third-order valence-electron chi connectivity index (χ3n) is 5.31. The molecule has 0 aliphatic carbocycles. The molecule has 34 heavy (non-hydrogen) atoms. The molecule has 4 aromatic rings. The number of benzene rings is 2. The van der Waals surface area contributed by atoms with Gasteiger partial charge < -0.3 is 20.1 Å². The van der Waals surface area contributed by atoms with Gasteiger partial charge in [0.1, 0.15) is 5.82 Å². The molecule has 0 saturated heterocycles. The van der Waals surface area contributed by atoms with Crippen molar-refractivity contribution in [2.45, 2.75) is 13.1 Å². The zero-order valence-corrected chi connectivity index (χ0v) is 19.0. The van der Waals surface area contributed by atoms with E-state index in [9.17, 15) is 14.0 Å². The van der Waals surface area contributed by atoms with Crippen molar-refractivity contribution < 1.29 is 14.0 Å². The maximum atomic E-state index is 13.1. The molecule has 0 atom stereocenters. The van der Waals surface area contributed by atoms with Gasteiger partial charge in [0.25, 0.3) is 11.8 Å². The minimum Gasteiger partial charge on any atom is -0.347 e. The van der Waals surface area contributed by atoms with Crippen molar-refractivity contribution in [1.29, 1.82) is 0 Å². The van der Waals surface area contributed by atoms with Crippen LogP contribution in [0.15, 0.2) is 67.1 Å². The number of nitrogens with one attached hydrogen (secondary N) is 2. The van der Waals surface area contributed by atoms with E-state index in [2.05, 4.69) is 30.1 Å². The van der Waals surface area contributed by atoms with Crippen molar-refractivity contribution in [1.82, 2.24) is 24.8 Å². The number of rotatable bonds is 8. The number of nitrogens with zero attached hydrogens (tertiary/aromatic N) is 4. The summed E-state index contributed by atoms with van der Waals surface area (Å²) in [6.45, 7) is 1.94. The molecule has 2 amide bonds. The molecule has 2 N–H and O–H groups in total. The number of aromatic nitrogens is 3. The van der Waals surface area contributed by atoms with E-state index in [0.717, 1.165) is 29.6 Å². The molecule has 2 aromatic carbocycles. The Morgan fingerprint density at radius 1 is 0.971 bits per heavy atom. The van der Waals surface area contributed by atoms with Crippen molar-refractivity contribution in [3.05, 3.63) is 89.9 Å². The Morgan fingerprint density at radius 3 is 2.38 bits per heavy atom. The monoisotopic (exact) mass is 460 g/mol. The number of carbonyl (C=O) groups is 2. The van der Waals surface area contributed by atoms with E-state index in [-0.39, 0.29) is 23.7 Å². The van der Waals surface area contributed by atoms with Gasteiger partial charge >= 0.3 is 0 Å². The number of likely N-dealkylation sites (N-methyl/N-ethyl adjacent to an activating group) is 1. The minimum atomic E-state index is -0.545. The number of fused-ring (bicyclic) bond motifs is 1. The number of amides is 2. The molecule has 0 aliphatic heterocycles. The fourth-order valence-electron chi connectivity index (χ4n) is 3.51. The molecule has 0 unspecified atom stereocenters. The molecule has 0 spiro atoms. The van der Waals surface area contributed by atoms with Gasteiger partial charge in [-0.1, -0.05) is 12.1 Å². The summed E-state index contributed by atoms with van der Waals surface area (Å²) in [5.41, 5.74) is 2.21. The molecule has 4 rings (SSSR count). The summed E-state index contributed by atoms with van der Waals surface area (Å²) in [6.07, 6.45) is 4.73. The van der Waals surface area contributed by atoms with E-state index >= 15 is 0 Å². The predicted molar refractivity (Wildman–Crippen MR) is 128 cm³/mol. The molecule has 0 saturated carbocycles. The molecule has 9 heteroatoms. The molecule has 8 nitrogen and oxygen atoms in total. The van der Waals surface area contributed by atoms with Crippen LogP contribution in [0.2, 0.25) is 0 Å². The molecule has 174 valence electrons. The van der Waals surface area contributed by atoms with Crippen LogP contribution < -0.4 is 10.6 Å². The van der Waals surface area contributed by atoms with Gasteiger partial charge in [-0.2, -0.15) is 0 Å². The topological polar surface area (TPSA) is 92.2 Å². The second-order valence-electron chi connectivity index (χ2n) is 8.10. The van der Waals surface area contributed by atoms with E-state index < -0.39 is 11.8 Å². The predicted octanol–water partition coefficient (Wildman–Crippen LogP) is 3.31. The lowest BCUT2D eigenvalue weighted by Gasteiger charge is -2.12. The van der Waals surface area contributed by atoms with Crippen molar-refractivity contribution >= 4 is 28.4 Å². The van der Waals surface area contributed by atoms with E-state index in [1.807, 2.05) is 44.6 Å². The second-order valence-corrected chi connectivity index (χ2v) is 8.10. The first-order valence-corrected chi connectivity index (χ1v) is 10.8. The highest BCUT2D eigenvalue weighted by atomic mass is 19.1. The number of anilines is 1. The van der Waals surface area contributed by atoms with Crippen LogP contribution in [-0.2, 0) is 13.1 Å². The Balaban J connectivity index is 1.46. The Labute approximate surface area is 196 Å². The summed E-state index contributed by atoms with van der Waals surface area (Å²) < 4.78 is 15.2. The highest BCUT2D eigenvalue weighted by Crippen LogP contribution is 2.21. The third kappa shape index (κ3) is 5.44. The molecule has 0 bridgehead atoms. The number of halogens is 1. The van der Waals surface area contributed by atoms with Gasteiger partial charge in [0.2, 0.25) is 0 Å². The molecule has 0 aliphatic rings. The van der Waals surface area contributed by atoms with Crippen LogP contribution in [0.25, 0.3) is 10.9 Å². The van der Waals surface area contributed by atoms with Gasteiger partial charge in [0.15, 0.2) is 11.4 Å². The molecule has 2 heterocycles. The second kappa shape index (κ2) is 10.2. The molecule has 0 fully saturated rings. The van der Waals surface area contributed by atoms with E-state index in [0.29, 0.717) is 5.69 Å². The first-order chi connectivity index (χ1) is 16.4. The van der Waals surface area contributed by atoms with E-state index in [4.69, 9.17) is 0 Å². The standard InChI is InChI=1S/C25H25FN6O2/c1-31(2)13-14-32-12-9-18-15-20(7-8-21(18)32)30-25(34)23-22(27-10-11-28-23)24(33)29-16-17-3-5-19(26)6-4-17/h3-12,15H,13-14,16H2,1-2H3,(H,29,33)(H,30,34). The van der Waals surface area contributed by atoms with Gasteiger partial charge in [-0.3, -0.25) is 9.59 Å². The van der Waals surface area contributed by atoms with Crippen LogP contribution in [0.3, 0.4) is 0 Å². The molecular formula is C25H25FN6O2. The summed E-state index contributed by atoms with van der Waals surface area (Å²) in [4.78, 5) is 35.8. The van der Waals surface area contributed by atoms with Gasteiger partial charge in [0.05, 0.1) is 0 Å². The average molecular weight is 461 g/mol. The summed E-state index contributed by atoms with van der Waals surface area (Å²) >= 11 is 0. The maximum absolute atomic E-state index is 13.1. The van der Waals surface area contributed by atoms with E-state index in [1.54, 1.807) is 12.1 Å². The SMILES string of the molecule is CN(C)CCn1ccc2cc(NC(=O)c3nccnc3C(=O)NCc3ccc(F)cc3)ccc21. The normalized spacial score (nSPS) is 11.1. The van der Waals surface area contributed by atoms with Crippen molar-refractivity contribution in [3.63, 3.8) is 0 Å². The smallest absolute Gasteiger partial charge is 0.276 e. The Kier molecular flexibility index (Phi) is 6.93. The fourth-order valence-corrected chi connectivity index (χ4v) is 3.51.